The molecule has 0 bridgehead atoms. The van der Waals surface area contributed by atoms with Crippen LogP contribution in [0.3, 0.4) is 0 Å². The average molecular weight is 316 g/mol. The number of hydrogen-bond donors (Lipinski definition) is 2. The van der Waals surface area contributed by atoms with Gasteiger partial charge in [-0.25, -0.2) is 0 Å². The molecule has 1 atom stereocenters. The molecule has 24 heavy (non-hydrogen) atoms. The molecule has 1 aromatic heterocycles. The number of rotatable bonds is 4. The van der Waals surface area contributed by atoms with Gasteiger partial charge in [-0.15, -0.1) is 0 Å². The molecule has 1 unspecified atom stereocenters. The number of nitrogens with two attached hydrogens (primary N) is 1. The Balaban J connectivity index is 2.79. The van der Waals surface area contributed by atoms with Gasteiger partial charge >= 0.3 is 0 Å². The van der Waals surface area contributed by atoms with E-state index in [1.807, 2.05) is 32.0 Å². The summed E-state index contributed by atoms with van der Waals surface area (Å²) in [5, 5.41) is 31.6. The van der Waals surface area contributed by atoms with Gasteiger partial charge in [0.2, 0.25) is 0 Å². The van der Waals surface area contributed by atoms with Crippen LogP contribution in [0, 0.1) is 40.9 Å². The monoisotopic (exact) mass is 316 g/mol. The summed E-state index contributed by atoms with van der Waals surface area (Å²) in [6.45, 7) is 4.30. The first-order chi connectivity index (χ1) is 11.5. The lowest BCUT2D eigenvalue weighted by atomic mass is 9.96. The predicted molar refractivity (Wildman–Crippen MR) is 92.4 cm³/mol. The molecule has 0 amide bonds. The summed E-state index contributed by atoms with van der Waals surface area (Å²) in [5.41, 5.74) is 8.32. The zero-order valence-electron chi connectivity index (χ0n) is 13.5. The van der Waals surface area contributed by atoms with Crippen molar-refractivity contribution in [1.29, 1.82) is 15.8 Å². The highest BCUT2D eigenvalue weighted by Gasteiger charge is 2.15. The highest BCUT2D eigenvalue weighted by Crippen LogP contribution is 2.31. The number of anilines is 1. The molecule has 0 aliphatic heterocycles. The molecule has 2 rings (SSSR count). The highest BCUT2D eigenvalue weighted by molar-refractivity contribution is 6.02. The van der Waals surface area contributed by atoms with Crippen LogP contribution in [0.4, 0.5) is 5.69 Å². The number of nitrogens with zero attached hydrogens (tertiary/aromatic N) is 4. The van der Waals surface area contributed by atoms with Gasteiger partial charge in [0.15, 0.2) is 0 Å². The first-order valence-electron chi connectivity index (χ1n) is 7.37. The van der Waals surface area contributed by atoms with Crippen LogP contribution < -0.4 is 11.1 Å². The molecular formula is C18H16N6. The van der Waals surface area contributed by atoms with Crippen molar-refractivity contribution in [3.8, 4) is 18.2 Å². The van der Waals surface area contributed by atoms with Gasteiger partial charge in [-0.2, -0.15) is 15.8 Å². The number of aromatic nitrogens is 1. The van der Waals surface area contributed by atoms with Gasteiger partial charge in [-0.05, 0) is 26.0 Å². The molecule has 2 aromatic rings. The summed E-state index contributed by atoms with van der Waals surface area (Å²) in [7, 11) is 0. The minimum atomic E-state index is -0.213. The lowest BCUT2D eigenvalue weighted by Crippen LogP contribution is -2.25. The number of hydrogen-bond acceptors (Lipinski definition) is 6. The third-order valence-corrected chi connectivity index (χ3v) is 3.61. The molecule has 0 spiro atoms. The van der Waals surface area contributed by atoms with Crippen molar-refractivity contribution in [3.05, 3.63) is 41.1 Å². The smallest absolute Gasteiger partial charge is 0.148 e. The molecule has 0 fully saturated rings. The largest absolute Gasteiger partial charge is 0.380 e. The van der Waals surface area contributed by atoms with Crippen LogP contribution in [0.15, 0.2) is 29.8 Å². The number of allylic oxidation sites excluding steroid dienone is 2. The van der Waals surface area contributed by atoms with Gasteiger partial charge in [-0.3, -0.25) is 4.98 Å². The number of pyridine rings is 1. The number of fused-ring (bicyclic) bond motifs is 1. The molecular weight excluding hydrogens is 300 g/mol. The maximum absolute atomic E-state index is 9.42. The lowest BCUT2D eigenvalue weighted by Gasteiger charge is -2.16. The minimum Gasteiger partial charge on any atom is -0.380 e. The van der Waals surface area contributed by atoms with Gasteiger partial charge in [0, 0.05) is 29.2 Å². The Labute approximate surface area is 140 Å². The van der Waals surface area contributed by atoms with Crippen LogP contribution in [-0.2, 0) is 0 Å². The van der Waals surface area contributed by atoms with Crippen molar-refractivity contribution in [2.75, 3.05) is 11.9 Å². The van der Waals surface area contributed by atoms with Crippen molar-refractivity contribution < 1.29 is 0 Å². The van der Waals surface area contributed by atoms with E-state index in [2.05, 4.69) is 10.3 Å². The fourth-order valence-corrected chi connectivity index (χ4v) is 2.36. The molecule has 6 heteroatoms. The van der Waals surface area contributed by atoms with Crippen molar-refractivity contribution >= 4 is 22.2 Å². The third kappa shape index (κ3) is 3.17. The quantitative estimate of drug-likeness (QED) is 0.836. The number of benzene rings is 1. The van der Waals surface area contributed by atoms with Crippen molar-refractivity contribution in [2.24, 2.45) is 5.73 Å². The van der Waals surface area contributed by atoms with Crippen molar-refractivity contribution in [1.82, 2.24) is 4.98 Å². The van der Waals surface area contributed by atoms with E-state index in [-0.39, 0.29) is 17.2 Å². The summed E-state index contributed by atoms with van der Waals surface area (Å²) in [6, 6.07) is 12.8. The molecule has 0 aliphatic carbocycles. The summed E-state index contributed by atoms with van der Waals surface area (Å²) in [5.74, 6) is 0. The van der Waals surface area contributed by atoms with E-state index in [0.717, 1.165) is 11.4 Å². The van der Waals surface area contributed by atoms with Gasteiger partial charge in [0.25, 0.3) is 0 Å². The van der Waals surface area contributed by atoms with E-state index in [9.17, 15) is 5.26 Å². The fourth-order valence-electron chi connectivity index (χ4n) is 2.36. The minimum absolute atomic E-state index is 0.0501. The van der Waals surface area contributed by atoms with Gasteiger partial charge < -0.3 is 11.1 Å². The Morgan fingerprint density at radius 2 is 1.88 bits per heavy atom. The second kappa shape index (κ2) is 7.24. The van der Waals surface area contributed by atoms with E-state index in [1.54, 1.807) is 24.3 Å². The van der Waals surface area contributed by atoms with E-state index in [1.165, 1.54) is 0 Å². The Morgan fingerprint density at radius 3 is 2.46 bits per heavy atom. The molecule has 1 heterocycles. The topological polar surface area (TPSA) is 122 Å². The zero-order chi connectivity index (χ0) is 17.7. The maximum Gasteiger partial charge on any atom is 0.148 e. The lowest BCUT2D eigenvalue weighted by molar-refractivity contribution is 0.805. The Morgan fingerprint density at radius 1 is 1.17 bits per heavy atom. The van der Waals surface area contributed by atoms with E-state index in [0.29, 0.717) is 23.0 Å². The molecule has 0 aliphatic rings. The molecule has 1 aromatic carbocycles. The van der Waals surface area contributed by atoms with E-state index >= 15 is 0 Å². The second-order valence-corrected chi connectivity index (χ2v) is 5.38. The third-order valence-electron chi connectivity index (χ3n) is 3.61. The SMILES string of the molecule is Cc1ccc2c(C(C#N)=C(C#N)C#N)ccc(NC(C)CN)c2n1. The van der Waals surface area contributed by atoms with Crippen LogP contribution in [0.25, 0.3) is 16.5 Å². The highest BCUT2D eigenvalue weighted by atomic mass is 14.9. The fraction of sp³-hybridized carbons (Fsp3) is 0.222. The Kier molecular flexibility index (Phi) is 5.12. The normalized spacial score (nSPS) is 11.0. The van der Waals surface area contributed by atoms with Gasteiger partial charge in [-0.1, -0.05) is 12.1 Å². The summed E-state index contributed by atoms with van der Waals surface area (Å²) in [6.07, 6.45) is 0. The van der Waals surface area contributed by atoms with Crippen LogP contribution in [-0.4, -0.2) is 17.6 Å². The Hall–Kier alpha value is -3.40. The number of nitriles is 3. The maximum atomic E-state index is 9.42. The van der Waals surface area contributed by atoms with Crippen molar-refractivity contribution in [3.63, 3.8) is 0 Å². The standard InChI is InChI=1S/C18H16N6/c1-11-3-4-15-14(16(10-22)13(8-20)9-21)5-6-17(18(15)24-11)23-12(2)7-19/h3-6,12,23H,7,19H2,1-2H3. The first kappa shape index (κ1) is 17.0. The predicted octanol–water partition coefficient (Wildman–Crippen LogP) is 2.63. The number of aryl methyl sites for hydroxylation is 1. The molecule has 6 nitrogen and oxygen atoms in total. The zero-order valence-corrected chi connectivity index (χ0v) is 13.5. The summed E-state index contributed by atoms with van der Waals surface area (Å²) in [4.78, 5) is 4.55. The van der Waals surface area contributed by atoms with Crippen LogP contribution in [0.5, 0.6) is 0 Å². The van der Waals surface area contributed by atoms with Crippen LogP contribution >= 0.6 is 0 Å². The molecule has 0 saturated carbocycles. The van der Waals surface area contributed by atoms with E-state index in [4.69, 9.17) is 16.3 Å². The van der Waals surface area contributed by atoms with E-state index < -0.39 is 0 Å². The molecule has 3 N–H and O–H groups in total. The number of nitrogens with one attached hydrogen (secondary N) is 1. The first-order valence-corrected chi connectivity index (χ1v) is 7.37. The van der Waals surface area contributed by atoms with Gasteiger partial charge in [0.1, 0.15) is 23.8 Å². The van der Waals surface area contributed by atoms with Crippen LogP contribution in [0.2, 0.25) is 0 Å². The summed E-state index contributed by atoms with van der Waals surface area (Å²) < 4.78 is 0. The molecule has 118 valence electrons. The van der Waals surface area contributed by atoms with Crippen LogP contribution in [0.1, 0.15) is 18.2 Å². The summed E-state index contributed by atoms with van der Waals surface area (Å²) >= 11 is 0. The average Bonchev–Trinajstić information content (AvgIpc) is 2.60. The molecule has 0 saturated heterocycles. The van der Waals surface area contributed by atoms with Gasteiger partial charge in [0.05, 0.1) is 16.8 Å². The second-order valence-electron chi connectivity index (χ2n) is 5.38. The Bertz CT molecular complexity index is 921. The van der Waals surface area contributed by atoms with Crippen molar-refractivity contribution in [2.45, 2.75) is 19.9 Å². The molecule has 0 radical (unpaired) electrons.